The van der Waals surface area contributed by atoms with E-state index < -0.39 is 5.54 Å². The van der Waals surface area contributed by atoms with E-state index in [4.69, 9.17) is 10.5 Å². The van der Waals surface area contributed by atoms with E-state index >= 15 is 0 Å². The van der Waals surface area contributed by atoms with Crippen LogP contribution >= 0.6 is 11.3 Å². The van der Waals surface area contributed by atoms with Gasteiger partial charge in [-0.05, 0) is 27.2 Å². The number of nitrogens with two attached hydrogens (primary N) is 1. The quantitative estimate of drug-likeness (QED) is 0.860. The van der Waals surface area contributed by atoms with E-state index in [9.17, 15) is 4.79 Å². The van der Waals surface area contributed by atoms with Crippen LogP contribution in [-0.4, -0.2) is 29.6 Å². The number of hydrogen-bond donors (Lipinski definition) is 2. The Bertz CT molecular complexity index is 452. The van der Waals surface area contributed by atoms with Gasteiger partial charge in [0.15, 0.2) is 0 Å². The highest BCUT2D eigenvalue weighted by atomic mass is 32.1. The molecule has 0 radical (unpaired) electrons. The lowest BCUT2D eigenvalue weighted by atomic mass is 9.99. The Morgan fingerprint density at radius 3 is 2.83 bits per heavy atom. The van der Waals surface area contributed by atoms with Gasteiger partial charge < -0.3 is 15.8 Å². The smallest absolute Gasteiger partial charge is 0.243 e. The molecular formula is C12H19N3O2S. The first-order chi connectivity index (χ1) is 8.42. The molecule has 1 aliphatic rings. The van der Waals surface area contributed by atoms with E-state index in [0.29, 0.717) is 19.6 Å². The van der Waals surface area contributed by atoms with Crippen molar-refractivity contribution in [3.8, 4) is 0 Å². The summed E-state index contributed by atoms with van der Waals surface area (Å²) in [7, 11) is 0. The Morgan fingerprint density at radius 2 is 2.33 bits per heavy atom. The Morgan fingerprint density at radius 1 is 1.61 bits per heavy atom. The van der Waals surface area contributed by atoms with Crippen LogP contribution in [0.1, 0.15) is 35.0 Å². The monoisotopic (exact) mass is 269 g/mol. The highest BCUT2D eigenvalue weighted by Gasteiger charge is 2.39. The van der Waals surface area contributed by atoms with Gasteiger partial charge in [-0.3, -0.25) is 4.79 Å². The summed E-state index contributed by atoms with van der Waals surface area (Å²) < 4.78 is 5.20. The fourth-order valence-corrected chi connectivity index (χ4v) is 3.04. The molecule has 6 heteroatoms. The average Bonchev–Trinajstić information content (AvgIpc) is 2.86. The number of hydrogen-bond acceptors (Lipinski definition) is 5. The van der Waals surface area contributed by atoms with E-state index in [0.717, 1.165) is 15.6 Å². The summed E-state index contributed by atoms with van der Waals surface area (Å²) in [5.74, 6) is -0.141. The van der Waals surface area contributed by atoms with Gasteiger partial charge in [-0.1, -0.05) is 0 Å². The van der Waals surface area contributed by atoms with Gasteiger partial charge in [-0.25, -0.2) is 4.98 Å². The van der Waals surface area contributed by atoms with Crippen molar-refractivity contribution >= 4 is 17.2 Å². The van der Waals surface area contributed by atoms with Crippen molar-refractivity contribution in [1.82, 2.24) is 10.3 Å². The van der Waals surface area contributed by atoms with Gasteiger partial charge in [0, 0.05) is 11.5 Å². The molecule has 18 heavy (non-hydrogen) atoms. The number of carbonyl (C=O) groups excluding carboxylic acids is 1. The van der Waals surface area contributed by atoms with Crippen molar-refractivity contribution in [3.63, 3.8) is 0 Å². The van der Waals surface area contributed by atoms with Gasteiger partial charge in [-0.2, -0.15) is 0 Å². The summed E-state index contributed by atoms with van der Waals surface area (Å²) in [6, 6.07) is -0.0651. The first kappa shape index (κ1) is 13.5. The van der Waals surface area contributed by atoms with Crippen molar-refractivity contribution in [1.29, 1.82) is 0 Å². The predicted molar refractivity (Wildman–Crippen MR) is 70.5 cm³/mol. The Hall–Kier alpha value is -0.980. The number of aryl methyl sites for hydroxylation is 2. The van der Waals surface area contributed by atoms with Gasteiger partial charge in [0.2, 0.25) is 5.91 Å². The second kappa shape index (κ2) is 4.95. The molecule has 5 nitrogen and oxygen atoms in total. The second-order valence-corrected chi connectivity index (χ2v) is 6.07. The maximum absolute atomic E-state index is 12.1. The molecule has 0 saturated carbocycles. The molecule has 2 heterocycles. The zero-order valence-electron chi connectivity index (χ0n) is 10.9. The molecule has 100 valence electrons. The molecule has 1 aliphatic heterocycles. The van der Waals surface area contributed by atoms with Gasteiger partial charge >= 0.3 is 0 Å². The second-order valence-electron chi connectivity index (χ2n) is 4.84. The third-order valence-corrected chi connectivity index (χ3v) is 4.44. The van der Waals surface area contributed by atoms with Crippen LogP contribution in [0.3, 0.4) is 0 Å². The van der Waals surface area contributed by atoms with Crippen LogP contribution in [0, 0.1) is 13.8 Å². The van der Waals surface area contributed by atoms with Crippen LogP contribution in [0.5, 0.6) is 0 Å². The third kappa shape index (κ3) is 2.55. The largest absolute Gasteiger partial charge is 0.379 e. The number of aromatic nitrogens is 1. The maximum atomic E-state index is 12.1. The lowest BCUT2D eigenvalue weighted by molar-refractivity contribution is -0.127. The third-order valence-electron chi connectivity index (χ3n) is 3.18. The Kier molecular flexibility index (Phi) is 3.70. The molecule has 1 aromatic rings. The Balaban J connectivity index is 2.05. The van der Waals surface area contributed by atoms with Crippen molar-refractivity contribution < 1.29 is 9.53 Å². The average molecular weight is 269 g/mol. The molecule has 1 amide bonds. The number of nitrogens with zero attached hydrogens (tertiary/aromatic N) is 1. The fraction of sp³-hybridized carbons (Fsp3) is 0.667. The molecule has 2 unspecified atom stereocenters. The SMILES string of the molecule is Cc1nc(C)c(C(C)NC(=O)C2(N)CCOC2)s1. The first-order valence-corrected chi connectivity index (χ1v) is 6.85. The topological polar surface area (TPSA) is 77.2 Å². The lowest BCUT2D eigenvalue weighted by Crippen LogP contribution is -2.54. The van der Waals surface area contributed by atoms with Crippen molar-refractivity contribution in [3.05, 3.63) is 15.6 Å². The molecule has 1 saturated heterocycles. The molecule has 3 N–H and O–H groups in total. The number of thiazole rings is 1. The van der Waals surface area contributed by atoms with E-state index in [1.807, 2.05) is 20.8 Å². The van der Waals surface area contributed by atoms with E-state index in [1.165, 1.54) is 0 Å². The normalized spacial score (nSPS) is 25.1. The minimum absolute atomic E-state index is 0.0651. The van der Waals surface area contributed by atoms with Crippen molar-refractivity contribution in [2.75, 3.05) is 13.2 Å². The van der Waals surface area contributed by atoms with Crippen LogP contribution in [0.15, 0.2) is 0 Å². The number of amides is 1. The van der Waals surface area contributed by atoms with Crippen LogP contribution in [0.4, 0.5) is 0 Å². The van der Waals surface area contributed by atoms with Crippen LogP contribution in [0.2, 0.25) is 0 Å². The number of carbonyl (C=O) groups is 1. The molecular weight excluding hydrogens is 250 g/mol. The minimum atomic E-state index is -0.873. The molecule has 0 bridgehead atoms. The van der Waals surface area contributed by atoms with Crippen LogP contribution in [-0.2, 0) is 9.53 Å². The predicted octanol–water partition coefficient (Wildman–Crippen LogP) is 1.05. The highest BCUT2D eigenvalue weighted by Crippen LogP contribution is 2.25. The lowest BCUT2D eigenvalue weighted by Gasteiger charge is -2.23. The molecule has 2 rings (SSSR count). The number of nitrogens with one attached hydrogen (secondary N) is 1. The van der Waals surface area contributed by atoms with Crippen molar-refractivity contribution in [2.45, 2.75) is 38.8 Å². The van der Waals surface area contributed by atoms with Crippen LogP contribution in [0.25, 0.3) is 0 Å². The fourth-order valence-electron chi connectivity index (χ4n) is 2.11. The first-order valence-electron chi connectivity index (χ1n) is 6.04. The zero-order chi connectivity index (χ0) is 13.3. The molecule has 0 aromatic carbocycles. The number of ether oxygens (including phenoxy) is 1. The number of rotatable bonds is 3. The maximum Gasteiger partial charge on any atom is 0.243 e. The summed E-state index contributed by atoms with van der Waals surface area (Å²) in [5, 5.41) is 3.97. The Labute approximate surface area is 111 Å². The summed E-state index contributed by atoms with van der Waals surface area (Å²) in [4.78, 5) is 17.6. The van der Waals surface area contributed by atoms with Crippen molar-refractivity contribution in [2.24, 2.45) is 5.73 Å². The summed E-state index contributed by atoms with van der Waals surface area (Å²) in [5.41, 5.74) is 6.12. The minimum Gasteiger partial charge on any atom is -0.379 e. The molecule has 2 atom stereocenters. The molecule has 0 aliphatic carbocycles. The highest BCUT2D eigenvalue weighted by molar-refractivity contribution is 7.11. The van der Waals surface area contributed by atoms with E-state index in [1.54, 1.807) is 11.3 Å². The zero-order valence-corrected chi connectivity index (χ0v) is 11.8. The van der Waals surface area contributed by atoms with E-state index in [2.05, 4.69) is 10.3 Å². The standard InChI is InChI=1S/C12H19N3O2S/c1-7-10(18-9(3)14-7)8(2)15-11(16)12(13)4-5-17-6-12/h8H,4-6,13H2,1-3H3,(H,15,16). The van der Waals surface area contributed by atoms with E-state index in [-0.39, 0.29) is 11.9 Å². The van der Waals surface area contributed by atoms with Gasteiger partial charge in [0.25, 0.3) is 0 Å². The van der Waals surface area contributed by atoms with Gasteiger partial charge in [0.1, 0.15) is 5.54 Å². The summed E-state index contributed by atoms with van der Waals surface area (Å²) in [6.45, 7) is 6.73. The summed E-state index contributed by atoms with van der Waals surface area (Å²) >= 11 is 1.61. The van der Waals surface area contributed by atoms with Crippen LogP contribution < -0.4 is 11.1 Å². The van der Waals surface area contributed by atoms with Gasteiger partial charge in [0.05, 0.1) is 23.4 Å². The molecule has 1 fully saturated rings. The summed E-state index contributed by atoms with van der Waals surface area (Å²) in [6.07, 6.45) is 0.576. The molecule has 0 spiro atoms. The molecule has 1 aromatic heterocycles. The van der Waals surface area contributed by atoms with Gasteiger partial charge in [-0.15, -0.1) is 11.3 Å².